The van der Waals surface area contributed by atoms with E-state index < -0.39 is 0 Å². The SMILES string of the molecule is Cc1ccccc1[C@H]1CC(c2ccc(F)cc2)=NN1C(=O)CN1CCC(C)CC1. The van der Waals surface area contributed by atoms with Gasteiger partial charge in [-0.3, -0.25) is 9.69 Å². The highest BCUT2D eigenvalue weighted by Gasteiger charge is 2.34. The van der Waals surface area contributed by atoms with Crippen LogP contribution in [0.5, 0.6) is 0 Å². The number of rotatable bonds is 4. The molecule has 4 nitrogen and oxygen atoms in total. The van der Waals surface area contributed by atoms with Crippen LogP contribution in [0.3, 0.4) is 0 Å². The summed E-state index contributed by atoms with van der Waals surface area (Å²) in [6.07, 6.45) is 2.91. The van der Waals surface area contributed by atoms with Crippen LogP contribution < -0.4 is 0 Å². The summed E-state index contributed by atoms with van der Waals surface area (Å²) in [4.78, 5) is 15.5. The van der Waals surface area contributed by atoms with Crippen LogP contribution in [-0.2, 0) is 4.79 Å². The summed E-state index contributed by atoms with van der Waals surface area (Å²) in [7, 11) is 0. The molecule has 2 heterocycles. The molecule has 0 saturated carbocycles. The third-order valence-electron chi connectivity index (χ3n) is 6.13. The maximum atomic E-state index is 13.4. The Morgan fingerprint density at radius 1 is 1.10 bits per heavy atom. The number of halogens is 1. The molecule has 2 aliphatic heterocycles. The van der Waals surface area contributed by atoms with E-state index in [-0.39, 0.29) is 17.8 Å². The number of carbonyl (C=O) groups is 1. The summed E-state index contributed by atoms with van der Waals surface area (Å²) >= 11 is 0. The quantitative estimate of drug-likeness (QED) is 0.764. The molecule has 0 spiro atoms. The Labute approximate surface area is 172 Å². The molecule has 0 N–H and O–H groups in total. The van der Waals surface area contributed by atoms with Crippen molar-refractivity contribution in [3.8, 4) is 0 Å². The van der Waals surface area contributed by atoms with Gasteiger partial charge in [0.05, 0.1) is 18.3 Å². The zero-order valence-electron chi connectivity index (χ0n) is 17.1. The van der Waals surface area contributed by atoms with Gasteiger partial charge in [0.15, 0.2) is 0 Å². The number of hydrogen-bond donors (Lipinski definition) is 0. The van der Waals surface area contributed by atoms with E-state index in [1.807, 2.05) is 12.1 Å². The normalized spacial score (nSPS) is 20.7. The maximum absolute atomic E-state index is 13.4. The van der Waals surface area contributed by atoms with Gasteiger partial charge in [0.1, 0.15) is 5.82 Å². The van der Waals surface area contributed by atoms with E-state index in [9.17, 15) is 9.18 Å². The summed E-state index contributed by atoms with van der Waals surface area (Å²) in [5, 5.41) is 6.38. The lowest BCUT2D eigenvalue weighted by molar-refractivity contribution is -0.134. The molecule has 2 aromatic carbocycles. The minimum absolute atomic E-state index is 0.0323. The van der Waals surface area contributed by atoms with Gasteiger partial charge in [0.25, 0.3) is 5.91 Å². The number of carbonyl (C=O) groups excluding carboxylic acids is 1. The first-order valence-corrected chi connectivity index (χ1v) is 10.4. The Balaban J connectivity index is 1.59. The Hall–Kier alpha value is -2.53. The second kappa shape index (κ2) is 8.46. The van der Waals surface area contributed by atoms with E-state index >= 15 is 0 Å². The second-order valence-corrected chi connectivity index (χ2v) is 8.33. The standard InChI is InChI=1S/C24H28FN3O/c1-17-11-13-27(14-12-17)16-24(29)28-23(21-6-4-3-5-18(21)2)15-22(26-28)19-7-9-20(25)10-8-19/h3-10,17,23H,11-16H2,1-2H3/t23-/m1/s1. The zero-order valence-corrected chi connectivity index (χ0v) is 17.1. The molecule has 29 heavy (non-hydrogen) atoms. The van der Waals surface area contributed by atoms with Crippen molar-refractivity contribution in [1.82, 2.24) is 9.91 Å². The molecule has 0 unspecified atom stereocenters. The van der Waals surface area contributed by atoms with E-state index in [1.54, 1.807) is 17.1 Å². The highest BCUT2D eigenvalue weighted by atomic mass is 19.1. The molecule has 1 saturated heterocycles. The number of benzene rings is 2. The number of aryl methyl sites for hydroxylation is 1. The lowest BCUT2D eigenvalue weighted by Crippen LogP contribution is -2.41. The van der Waals surface area contributed by atoms with Crippen molar-refractivity contribution in [3.63, 3.8) is 0 Å². The molecule has 4 rings (SSSR count). The van der Waals surface area contributed by atoms with Gasteiger partial charge in [-0.05, 0) is 67.6 Å². The lowest BCUT2D eigenvalue weighted by Gasteiger charge is -2.31. The third kappa shape index (κ3) is 4.40. The van der Waals surface area contributed by atoms with Gasteiger partial charge in [-0.15, -0.1) is 0 Å². The van der Waals surface area contributed by atoms with Gasteiger partial charge < -0.3 is 0 Å². The van der Waals surface area contributed by atoms with Crippen LogP contribution in [0.25, 0.3) is 0 Å². The fraction of sp³-hybridized carbons (Fsp3) is 0.417. The maximum Gasteiger partial charge on any atom is 0.257 e. The topological polar surface area (TPSA) is 35.9 Å². The zero-order chi connectivity index (χ0) is 20.4. The van der Waals surface area contributed by atoms with Crippen LogP contribution in [0.2, 0.25) is 0 Å². The molecule has 0 radical (unpaired) electrons. The highest BCUT2D eigenvalue weighted by molar-refractivity contribution is 6.03. The van der Waals surface area contributed by atoms with Crippen molar-refractivity contribution in [1.29, 1.82) is 0 Å². The minimum atomic E-state index is -0.268. The van der Waals surface area contributed by atoms with Crippen LogP contribution in [0.1, 0.15) is 48.9 Å². The van der Waals surface area contributed by atoms with Crippen molar-refractivity contribution < 1.29 is 9.18 Å². The first-order chi connectivity index (χ1) is 14.0. The first-order valence-electron chi connectivity index (χ1n) is 10.4. The van der Waals surface area contributed by atoms with Gasteiger partial charge in [0, 0.05) is 6.42 Å². The predicted octanol–water partition coefficient (Wildman–Crippen LogP) is 4.54. The Bertz CT molecular complexity index is 901. The average molecular weight is 394 g/mol. The van der Waals surface area contributed by atoms with Gasteiger partial charge in [-0.1, -0.05) is 43.3 Å². The van der Waals surface area contributed by atoms with E-state index in [0.717, 1.165) is 54.3 Å². The summed E-state index contributed by atoms with van der Waals surface area (Å²) < 4.78 is 13.4. The Morgan fingerprint density at radius 2 is 1.79 bits per heavy atom. The van der Waals surface area contributed by atoms with E-state index in [4.69, 9.17) is 5.10 Å². The molecular formula is C24H28FN3O. The van der Waals surface area contributed by atoms with Gasteiger partial charge in [-0.25, -0.2) is 9.40 Å². The predicted molar refractivity (Wildman–Crippen MR) is 113 cm³/mol. The largest absolute Gasteiger partial charge is 0.294 e. The molecule has 1 amide bonds. The fourth-order valence-electron chi connectivity index (χ4n) is 4.24. The molecule has 1 atom stereocenters. The van der Waals surface area contributed by atoms with Crippen LogP contribution in [0.15, 0.2) is 53.6 Å². The molecule has 5 heteroatoms. The second-order valence-electron chi connectivity index (χ2n) is 8.33. The van der Waals surface area contributed by atoms with Crippen LogP contribution in [0.4, 0.5) is 4.39 Å². The van der Waals surface area contributed by atoms with E-state index in [0.29, 0.717) is 13.0 Å². The number of hydrazone groups is 1. The van der Waals surface area contributed by atoms with Crippen LogP contribution >= 0.6 is 0 Å². The number of hydrogen-bond acceptors (Lipinski definition) is 3. The summed E-state index contributed by atoms with van der Waals surface area (Å²) in [5.41, 5.74) is 3.97. The number of likely N-dealkylation sites (tertiary alicyclic amines) is 1. The van der Waals surface area contributed by atoms with Crippen LogP contribution in [0, 0.1) is 18.7 Å². The van der Waals surface area contributed by atoms with Crippen molar-refractivity contribution in [2.24, 2.45) is 11.0 Å². The smallest absolute Gasteiger partial charge is 0.257 e. The molecule has 0 bridgehead atoms. The third-order valence-corrected chi connectivity index (χ3v) is 6.13. The van der Waals surface area contributed by atoms with Crippen molar-refractivity contribution in [2.75, 3.05) is 19.6 Å². The van der Waals surface area contributed by atoms with Gasteiger partial charge >= 0.3 is 0 Å². The van der Waals surface area contributed by atoms with E-state index in [1.165, 1.54) is 12.1 Å². The highest BCUT2D eigenvalue weighted by Crippen LogP contribution is 2.34. The van der Waals surface area contributed by atoms with Gasteiger partial charge in [-0.2, -0.15) is 5.10 Å². The molecule has 0 aliphatic carbocycles. The molecule has 1 fully saturated rings. The summed E-state index contributed by atoms with van der Waals surface area (Å²) in [5.74, 6) is 0.496. The molecule has 152 valence electrons. The number of piperidine rings is 1. The van der Waals surface area contributed by atoms with Gasteiger partial charge in [0.2, 0.25) is 0 Å². The molecule has 2 aromatic rings. The Kier molecular flexibility index (Phi) is 5.76. The van der Waals surface area contributed by atoms with E-state index in [2.05, 4.69) is 30.9 Å². The minimum Gasteiger partial charge on any atom is -0.294 e. The molecular weight excluding hydrogens is 365 g/mol. The van der Waals surface area contributed by atoms with Crippen molar-refractivity contribution in [2.45, 2.75) is 39.2 Å². The number of amides is 1. The molecule has 2 aliphatic rings. The first kappa shape index (κ1) is 19.8. The average Bonchev–Trinajstić information content (AvgIpc) is 3.16. The van der Waals surface area contributed by atoms with Crippen molar-refractivity contribution in [3.05, 3.63) is 71.0 Å². The lowest BCUT2D eigenvalue weighted by atomic mass is 9.95. The monoisotopic (exact) mass is 393 g/mol. The summed E-state index contributed by atoms with van der Waals surface area (Å²) in [6.45, 7) is 6.66. The Morgan fingerprint density at radius 3 is 2.48 bits per heavy atom. The number of nitrogens with zero attached hydrogens (tertiary/aromatic N) is 3. The fourth-order valence-corrected chi connectivity index (χ4v) is 4.24. The van der Waals surface area contributed by atoms with Crippen molar-refractivity contribution >= 4 is 11.6 Å². The molecule has 0 aromatic heterocycles. The summed E-state index contributed by atoms with van der Waals surface area (Å²) in [6, 6.07) is 14.4. The van der Waals surface area contributed by atoms with Crippen LogP contribution in [-0.4, -0.2) is 41.2 Å².